The number of carbonyl (C=O) groups is 3. The highest BCUT2D eigenvalue weighted by molar-refractivity contribution is 6.01. The second-order valence-corrected chi connectivity index (χ2v) is 6.47. The summed E-state index contributed by atoms with van der Waals surface area (Å²) in [5, 5.41) is 11.7. The lowest BCUT2D eigenvalue weighted by Crippen LogP contribution is -2.41. The van der Waals surface area contributed by atoms with E-state index in [4.69, 9.17) is 4.74 Å². The Bertz CT molecular complexity index is 821. The molecule has 1 amide bonds. The monoisotopic (exact) mass is 384 g/mol. The van der Waals surface area contributed by atoms with Crippen molar-refractivity contribution in [2.24, 2.45) is 0 Å². The molecule has 7 heteroatoms. The van der Waals surface area contributed by atoms with E-state index in [2.05, 4.69) is 5.32 Å². The van der Waals surface area contributed by atoms with E-state index in [1.54, 1.807) is 24.3 Å². The summed E-state index contributed by atoms with van der Waals surface area (Å²) in [6, 6.07) is 15.0. The summed E-state index contributed by atoms with van der Waals surface area (Å²) in [6.07, 6.45) is -0.880. The van der Waals surface area contributed by atoms with E-state index in [-0.39, 0.29) is 25.2 Å². The number of aliphatic carboxylic acids is 1. The minimum Gasteiger partial charge on any atom is -0.480 e. The molecule has 2 N–H and O–H groups in total. The minimum atomic E-state index is -1.22. The fourth-order valence-corrected chi connectivity index (χ4v) is 2.67. The highest BCUT2D eigenvalue weighted by Crippen LogP contribution is 2.20. The molecule has 0 saturated heterocycles. The Morgan fingerprint density at radius 2 is 1.68 bits per heavy atom. The lowest BCUT2D eigenvalue weighted by Gasteiger charge is -2.17. The zero-order valence-electron chi connectivity index (χ0n) is 15.9. The number of carbonyl (C=O) groups excluding carboxylic acids is 2. The molecule has 148 valence electrons. The van der Waals surface area contributed by atoms with Gasteiger partial charge in [-0.05, 0) is 24.1 Å². The molecule has 0 saturated carbocycles. The first-order valence-corrected chi connectivity index (χ1v) is 8.88. The van der Waals surface area contributed by atoms with E-state index >= 15 is 0 Å². The number of nitrogens with zero attached hydrogens (tertiary/aromatic N) is 1. The molecule has 0 radical (unpaired) electrons. The number of ketones is 1. The molecule has 0 aliphatic carbocycles. The summed E-state index contributed by atoms with van der Waals surface area (Å²) in [7, 11) is 3.66. The van der Waals surface area contributed by atoms with Crippen molar-refractivity contribution >= 4 is 23.5 Å². The van der Waals surface area contributed by atoms with Crippen LogP contribution in [0.5, 0.6) is 0 Å². The molecule has 2 aromatic carbocycles. The van der Waals surface area contributed by atoms with Crippen molar-refractivity contribution in [3.05, 3.63) is 65.7 Å². The number of anilines is 1. The van der Waals surface area contributed by atoms with E-state index < -0.39 is 18.1 Å². The molecule has 1 unspecified atom stereocenters. The first-order valence-electron chi connectivity index (χ1n) is 8.88. The second-order valence-electron chi connectivity index (χ2n) is 6.47. The molecule has 0 heterocycles. The zero-order valence-corrected chi connectivity index (χ0v) is 15.9. The summed E-state index contributed by atoms with van der Waals surface area (Å²) >= 11 is 0. The van der Waals surface area contributed by atoms with Gasteiger partial charge >= 0.3 is 12.1 Å². The lowest BCUT2D eigenvalue weighted by atomic mass is 10.0. The predicted molar refractivity (Wildman–Crippen MR) is 106 cm³/mol. The summed E-state index contributed by atoms with van der Waals surface area (Å²) in [5.74, 6) is -1.40. The van der Waals surface area contributed by atoms with E-state index in [1.165, 1.54) is 0 Å². The molecular formula is C21H24N2O5. The van der Waals surface area contributed by atoms with Gasteiger partial charge in [-0.1, -0.05) is 42.5 Å². The number of nitrogens with one attached hydrogen (secondary N) is 1. The molecule has 1 atom stereocenters. The van der Waals surface area contributed by atoms with Crippen LogP contribution < -0.4 is 10.2 Å². The molecule has 0 aliphatic heterocycles. The smallest absolute Gasteiger partial charge is 0.408 e. The number of rotatable bonds is 9. The van der Waals surface area contributed by atoms with Gasteiger partial charge in [0.2, 0.25) is 0 Å². The molecule has 28 heavy (non-hydrogen) atoms. The van der Waals surface area contributed by atoms with Crippen LogP contribution in [0.2, 0.25) is 0 Å². The van der Waals surface area contributed by atoms with E-state index in [1.807, 2.05) is 49.3 Å². The van der Waals surface area contributed by atoms with Crippen LogP contribution in [0.1, 0.15) is 28.8 Å². The summed E-state index contributed by atoms with van der Waals surface area (Å²) < 4.78 is 5.05. The quantitative estimate of drug-likeness (QED) is 0.645. The molecular weight excluding hydrogens is 360 g/mol. The molecule has 2 rings (SSSR count). The summed E-state index contributed by atoms with van der Waals surface area (Å²) in [4.78, 5) is 37.7. The fraction of sp³-hybridized carbons (Fsp3) is 0.286. The van der Waals surface area contributed by atoms with E-state index in [9.17, 15) is 19.5 Å². The van der Waals surface area contributed by atoms with Crippen LogP contribution in [0.25, 0.3) is 0 Å². The summed E-state index contributed by atoms with van der Waals surface area (Å²) in [6.45, 7) is 0.0359. The number of hydrogen-bond donors (Lipinski definition) is 2. The number of amides is 1. The maximum absolute atomic E-state index is 12.5. The molecule has 0 bridgehead atoms. The first kappa shape index (κ1) is 21.0. The molecule has 0 fully saturated rings. The van der Waals surface area contributed by atoms with Gasteiger partial charge < -0.3 is 20.1 Å². The Labute approximate surface area is 163 Å². The number of benzene rings is 2. The largest absolute Gasteiger partial charge is 0.480 e. The van der Waals surface area contributed by atoms with E-state index in [0.717, 1.165) is 11.3 Å². The predicted octanol–water partition coefficient (Wildman–Crippen LogP) is 3.10. The van der Waals surface area contributed by atoms with Crippen LogP contribution in [0.15, 0.2) is 54.6 Å². The van der Waals surface area contributed by atoms with Gasteiger partial charge in [0.15, 0.2) is 5.78 Å². The summed E-state index contributed by atoms with van der Waals surface area (Å²) in [5.41, 5.74) is 2.07. The number of ether oxygens (including phenoxy) is 1. The lowest BCUT2D eigenvalue weighted by molar-refractivity contribution is -0.139. The van der Waals surface area contributed by atoms with Crippen LogP contribution in [0, 0.1) is 0 Å². The minimum absolute atomic E-state index is 0.0131. The molecule has 0 aromatic heterocycles. The van der Waals surface area contributed by atoms with Crippen LogP contribution >= 0.6 is 0 Å². The van der Waals surface area contributed by atoms with Gasteiger partial charge in [0, 0.05) is 31.8 Å². The Hall–Kier alpha value is -3.35. The Morgan fingerprint density at radius 3 is 2.32 bits per heavy atom. The third kappa shape index (κ3) is 6.12. The molecule has 2 aromatic rings. The highest BCUT2D eigenvalue weighted by atomic mass is 16.5. The number of Topliss-reactive ketones (excluding diaryl/α,β-unsaturated/α-hetero) is 1. The molecule has 7 nitrogen and oxygen atoms in total. The standard InChI is InChI=1S/C21H24N2O5/c1-23(2)18-11-7-6-10-16(18)19(24)13-12-17(20(25)26)22-21(27)28-14-15-8-4-3-5-9-15/h3-11,17H,12-14H2,1-2H3,(H,22,27)(H,25,26). The van der Waals surface area contributed by atoms with Crippen molar-refractivity contribution in [1.29, 1.82) is 0 Å². The Morgan fingerprint density at radius 1 is 1.04 bits per heavy atom. The normalized spacial score (nSPS) is 11.4. The van der Waals surface area contributed by atoms with Crippen molar-refractivity contribution in [1.82, 2.24) is 5.32 Å². The topological polar surface area (TPSA) is 95.9 Å². The maximum Gasteiger partial charge on any atom is 0.408 e. The van der Waals surface area contributed by atoms with Crippen molar-refractivity contribution < 1.29 is 24.2 Å². The molecule has 0 spiro atoms. The van der Waals surface area contributed by atoms with Gasteiger partial charge in [0.05, 0.1) is 0 Å². The number of para-hydroxylation sites is 1. The average Bonchev–Trinajstić information content (AvgIpc) is 2.69. The van der Waals surface area contributed by atoms with Gasteiger partial charge in [-0.3, -0.25) is 4.79 Å². The van der Waals surface area contributed by atoms with Gasteiger partial charge in [-0.15, -0.1) is 0 Å². The van der Waals surface area contributed by atoms with Crippen LogP contribution in [-0.2, 0) is 16.1 Å². The number of hydrogen-bond acceptors (Lipinski definition) is 5. The fourth-order valence-electron chi connectivity index (χ4n) is 2.67. The Balaban J connectivity index is 1.91. The van der Waals surface area contributed by atoms with Gasteiger partial charge in [-0.2, -0.15) is 0 Å². The highest BCUT2D eigenvalue weighted by Gasteiger charge is 2.23. The third-order valence-electron chi connectivity index (χ3n) is 4.15. The van der Waals surface area contributed by atoms with Gasteiger partial charge in [0.1, 0.15) is 12.6 Å². The van der Waals surface area contributed by atoms with Gasteiger partial charge in [0.25, 0.3) is 0 Å². The number of carboxylic acids is 1. The maximum atomic E-state index is 12.5. The van der Waals surface area contributed by atoms with Gasteiger partial charge in [-0.25, -0.2) is 9.59 Å². The number of alkyl carbamates (subject to hydrolysis) is 1. The van der Waals surface area contributed by atoms with Crippen molar-refractivity contribution in [2.45, 2.75) is 25.5 Å². The average molecular weight is 384 g/mol. The zero-order chi connectivity index (χ0) is 20.5. The van der Waals surface area contributed by atoms with Crippen molar-refractivity contribution in [2.75, 3.05) is 19.0 Å². The molecule has 0 aliphatic rings. The van der Waals surface area contributed by atoms with Crippen molar-refractivity contribution in [3.8, 4) is 0 Å². The third-order valence-corrected chi connectivity index (χ3v) is 4.15. The second kappa shape index (κ2) is 10.1. The van der Waals surface area contributed by atoms with Crippen LogP contribution in [-0.4, -0.2) is 43.1 Å². The first-order chi connectivity index (χ1) is 13.4. The van der Waals surface area contributed by atoms with Crippen LogP contribution in [0.4, 0.5) is 10.5 Å². The number of carboxylic acid groups (broad SMARTS) is 1. The van der Waals surface area contributed by atoms with Crippen LogP contribution in [0.3, 0.4) is 0 Å². The SMILES string of the molecule is CN(C)c1ccccc1C(=O)CCC(NC(=O)OCc1ccccc1)C(=O)O. The Kier molecular flexibility index (Phi) is 7.56. The van der Waals surface area contributed by atoms with E-state index in [0.29, 0.717) is 5.56 Å². The van der Waals surface area contributed by atoms with Crippen molar-refractivity contribution in [3.63, 3.8) is 0 Å².